The molecular weight excluding hydrogens is 380 g/mol. The second-order valence-electron chi connectivity index (χ2n) is 8.70. The first kappa shape index (κ1) is 20.8. The summed E-state index contributed by atoms with van der Waals surface area (Å²) in [6.07, 6.45) is 3.39. The molecule has 3 fully saturated rings. The van der Waals surface area contributed by atoms with Crippen molar-refractivity contribution in [3.05, 3.63) is 35.9 Å². The maximum Gasteiger partial charge on any atom is 0.236 e. The minimum atomic E-state index is -0.251. The molecule has 0 aromatic heterocycles. The number of likely N-dealkylation sites (tertiary alicyclic amines) is 2. The van der Waals surface area contributed by atoms with Gasteiger partial charge in [-0.3, -0.25) is 19.3 Å². The number of hydrogen-bond donors (Lipinski definition) is 0. The van der Waals surface area contributed by atoms with Gasteiger partial charge < -0.3 is 14.7 Å². The van der Waals surface area contributed by atoms with Crippen molar-refractivity contribution in [3.8, 4) is 0 Å². The van der Waals surface area contributed by atoms with E-state index >= 15 is 0 Å². The quantitative estimate of drug-likeness (QED) is 0.729. The molecule has 0 bridgehead atoms. The molecular formula is C23H32N4O3. The van der Waals surface area contributed by atoms with Crippen molar-refractivity contribution in [2.24, 2.45) is 5.92 Å². The second-order valence-corrected chi connectivity index (χ2v) is 8.70. The van der Waals surface area contributed by atoms with Gasteiger partial charge in [0.1, 0.15) is 0 Å². The van der Waals surface area contributed by atoms with Crippen LogP contribution in [0.15, 0.2) is 30.3 Å². The van der Waals surface area contributed by atoms with E-state index in [1.54, 1.807) is 4.90 Å². The van der Waals surface area contributed by atoms with Crippen molar-refractivity contribution < 1.29 is 14.4 Å². The predicted molar refractivity (Wildman–Crippen MR) is 113 cm³/mol. The van der Waals surface area contributed by atoms with Crippen LogP contribution in [0.1, 0.15) is 31.2 Å². The number of carbonyl (C=O) groups excluding carboxylic acids is 3. The zero-order chi connectivity index (χ0) is 20.9. The fourth-order valence-corrected chi connectivity index (χ4v) is 4.76. The summed E-state index contributed by atoms with van der Waals surface area (Å²) in [6, 6.07) is 9.92. The van der Waals surface area contributed by atoms with Gasteiger partial charge in [0.15, 0.2) is 0 Å². The van der Waals surface area contributed by atoms with Gasteiger partial charge in [0.25, 0.3) is 0 Å². The molecule has 1 atom stereocenters. The first-order chi connectivity index (χ1) is 14.6. The second kappa shape index (κ2) is 9.60. The summed E-state index contributed by atoms with van der Waals surface area (Å²) >= 11 is 0. The lowest BCUT2D eigenvalue weighted by Crippen LogP contribution is -2.42. The molecule has 7 heteroatoms. The van der Waals surface area contributed by atoms with Crippen LogP contribution in [0.2, 0.25) is 0 Å². The summed E-state index contributed by atoms with van der Waals surface area (Å²) in [7, 11) is 0. The Kier molecular flexibility index (Phi) is 6.67. The highest BCUT2D eigenvalue weighted by atomic mass is 16.2. The highest BCUT2D eigenvalue weighted by Gasteiger charge is 2.37. The highest BCUT2D eigenvalue weighted by molar-refractivity contribution is 5.89. The molecule has 3 heterocycles. The van der Waals surface area contributed by atoms with Gasteiger partial charge in [-0.25, -0.2) is 0 Å². The Morgan fingerprint density at radius 1 is 0.867 bits per heavy atom. The normalized spacial score (nSPS) is 23.1. The Morgan fingerprint density at radius 3 is 2.37 bits per heavy atom. The van der Waals surface area contributed by atoms with Crippen molar-refractivity contribution in [1.82, 2.24) is 19.6 Å². The van der Waals surface area contributed by atoms with Crippen LogP contribution in [0.5, 0.6) is 0 Å². The summed E-state index contributed by atoms with van der Waals surface area (Å²) < 4.78 is 0. The first-order valence-corrected chi connectivity index (χ1v) is 11.2. The molecule has 1 aromatic carbocycles. The zero-order valence-corrected chi connectivity index (χ0v) is 17.7. The Hall–Kier alpha value is -2.41. The van der Waals surface area contributed by atoms with Crippen LogP contribution in [-0.2, 0) is 20.9 Å². The standard InChI is InChI=1S/C23H32N4O3/c28-21-15-20(17-27(21)16-19-7-2-1-3-8-19)23(30)26-12-6-9-24(13-14-26)18-22(29)25-10-4-5-11-25/h1-3,7-8,20H,4-6,9-18H2. The van der Waals surface area contributed by atoms with Gasteiger partial charge >= 0.3 is 0 Å². The molecule has 4 rings (SSSR count). The van der Waals surface area contributed by atoms with Gasteiger partial charge in [-0.1, -0.05) is 30.3 Å². The molecule has 1 aromatic rings. The minimum Gasteiger partial charge on any atom is -0.342 e. The number of carbonyl (C=O) groups is 3. The summed E-state index contributed by atoms with van der Waals surface area (Å²) in [5.74, 6) is 0.112. The molecule has 3 aliphatic heterocycles. The lowest BCUT2D eigenvalue weighted by atomic mass is 10.1. The van der Waals surface area contributed by atoms with Crippen LogP contribution in [-0.4, -0.2) is 89.7 Å². The van der Waals surface area contributed by atoms with Crippen LogP contribution in [0, 0.1) is 5.92 Å². The van der Waals surface area contributed by atoms with E-state index in [2.05, 4.69) is 4.90 Å². The van der Waals surface area contributed by atoms with E-state index in [1.165, 1.54) is 0 Å². The van der Waals surface area contributed by atoms with E-state index < -0.39 is 0 Å². The van der Waals surface area contributed by atoms with Crippen LogP contribution in [0.25, 0.3) is 0 Å². The SMILES string of the molecule is O=C(CN1CCCN(C(=O)C2CC(=O)N(Cc3ccccc3)C2)CC1)N1CCCC1. The molecule has 0 aliphatic carbocycles. The average molecular weight is 413 g/mol. The fourth-order valence-electron chi connectivity index (χ4n) is 4.76. The summed E-state index contributed by atoms with van der Waals surface area (Å²) in [5.41, 5.74) is 1.09. The molecule has 30 heavy (non-hydrogen) atoms. The van der Waals surface area contributed by atoms with Crippen LogP contribution in [0.4, 0.5) is 0 Å². The fraction of sp³-hybridized carbons (Fsp3) is 0.609. The molecule has 0 N–H and O–H groups in total. The molecule has 3 aliphatic rings. The number of amides is 3. The Morgan fingerprint density at radius 2 is 1.60 bits per heavy atom. The lowest BCUT2D eigenvalue weighted by Gasteiger charge is -2.25. The van der Waals surface area contributed by atoms with Gasteiger partial charge in [0.05, 0.1) is 12.5 Å². The van der Waals surface area contributed by atoms with Gasteiger partial charge in [0.2, 0.25) is 17.7 Å². The van der Waals surface area contributed by atoms with Gasteiger partial charge in [-0.15, -0.1) is 0 Å². The number of hydrogen-bond acceptors (Lipinski definition) is 4. The predicted octanol–water partition coefficient (Wildman–Crippen LogP) is 1.19. The minimum absolute atomic E-state index is 0.0601. The maximum atomic E-state index is 13.1. The van der Waals surface area contributed by atoms with Crippen molar-refractivity contribution in [2.75, 3.05) is 52.4 Å². The molecule has 162 valence electrons. The smallest absolute Gasteiger partial charge is 0.236 e. The highest BCUT2D eigenvalue weighted by Crippen LogP contribution is 2.23. The third-order valence-corrected chi connectivity index (χ3v) is 6.50. The van der Waals surface area contributed by atoms with E-state index in [9.17, 15) is 14.4 Å². The van der Waals surface area contributed by atoms with Crippen LogP contribution >= 0.6 is 0 Å². The zero-order valence-electron chi connectivity index (χ0n) is 17.7. The van der Waals surface area contributed by atoms with E-state index in [-0.39, 0.29) is 23.6 Å². The van der Waals surface area contributed by atoms with Crippen molar-refractivity contribution in [1.29, 1.82) is 0 Å². The van der Waals surface area contributed by atoms with Crippen LogP contribution in [0.3, 0.4) is 0 Å². The van der Waals surface area contributed by atoms with Crippen LogP contribution < -0.4 is 0 Å². The molecule has 0 radical (unpaired) electrons. The van der Waals surface area contributed by atoms with E-state index in [0.29, 0.717) is 39.1 Å². The summed E-state index contributed by atoms with van der Waals surface area (Å²) in [5, 5.41) is 0. The third-order valence-electron chi connectivity index (χ3n) is 6.50. The van der Waals surface area contributed by atoms with Crippen molar-refractivity contribution in [2.45, 2.75) is 32.2 Å². The molecule has 7 nitrogen and oxygen atoms in total. The van der Waals surface area contributed by atoms with Gasteiger partial charge in [-0.2, -0.15) is 0 Å². The Balaban J connectivity index is 1.27. The molecule has 0 saturated carbocycles. The van der Waals surface area contributed by atoms with E-state index in [1.807, 2.05) is 40.1 Å². The maximum absolute atomic E-state index is 13.1. The Bertz CT molecular complexity index is 763. The molecule has 0 spiro atoms. The topological polar surface area (TPSA) is 64.2 Å². The molecule has 3 amide bonds. The third kappa shape index (κ3) is 5.01. The van der Waals surface area contributed by atoms with Crippen molar-refractivity contribution in [3.63, 3.8) is 0 Å². The van der Waals surface area contributed by atoms with E-state index in [0.717, 1.165) is 51.0 Å². The molecule has 1 unspecified atom stereocenters. The van der Waals surface area contributed by atoms with E-state index in [4.69, 9.17) is 0 Å². The lowest BCUT2D eigenvalue weighted by molar-refractivity contribution is -0.135. The van der Waals surface area contributed by atoms with Crippen molar-refractivity contribution >= 4 is 17.7 Å². The monoisotopic (exact) mass is 412 g/mol. The number of nitrogens with zero attached hydrogens (tertiary/aromatic N) is 4. The number of benzene rings is 1. The average Bonchev–Trinajstić information content (AvgIpc) is 3.35. The first-order valence-electron chi connectivity index (χ1n) is 11.2. The Labute approximate surface area is 178 Å². The van der Waals surface area contributed by atoms with Gasteiger partial charge in [-0.05, 0) is 24.8 Å². The molecule has 3 saturated heterocycles. The largest absolute Gasteiger partial charge is 0.342 e. The summed E-state index contributed by atoms with van der Waals surface area (Å²) in [6.45, 7) is 6.18. The number of rotatable bonds is 5. The van der Waals surface area contributed by atoms with Gasteiger partial charge in [0, 0.05) is 58.8 Å². The summed E-state index contributed by atoms with van der Waals surface area (Å²) in [4.78, 5) is 45.8.